The number of carbonyl (C=O) groups is 2. The summed E-state index contributed by atoms with van der Waals surface area (Å²) < 4.78 is 10.4. The van der Waals surface area contributed by atoms with Crippen LogP contribution in [0.2, 0.25) is 0 Å². The molecule has 1 fully saturated rings. The Hall–Kier alpha value is -2.08. The maximum Gasteiger partial charge on any atom is 0.341 e. The molecule has 6 nitrogen and oxygen atoms in total. The minimum Gasteiger partial charge on any atom is -0.482 e. The monoisotopic (exact) mass is 293 g/mol. The number of aliphatic carboxylic acids is 1. The molecule has 6 heteroatoms. The molecule has 1 amide bonds. The lowest BCUT2D eigenvalue weighted by Crippen LogP contribution is -2.28. The maximum atomic E-state index is 12.3. The highest BCUT2D eigenvalue weighted by Crippen LogP contribution is 2.46. The second kappa shape index (κ2) is 6.58. The van der Waals surface area contributed by atoms with Crippen molar-refractivity contribution in [3.8, 4) is 5.75 Å². The lowest BCUT2D eigenvalue weighted by atomic mass is 10.1. The van der Waals surface area contributed by atoms with Gasteiger partial charge in [-0.3, -0.25) is 4.79 Å². The molecule has 0 aromatic heterocycles. The highest BCUT2D eigenvalue weighted by atomic mass is 16.5. The van der Waals surface area contributed by atoms with Crippen LogP contribution in [0.4, 0.5) is 5.69 Å². The Bertz CT molecular complexity index is 525. The molecule has 21 heavy (non-hydrogen) atoms. The fourth-order valence-electron chi connectivity index (χ4n) is 1.96. The van der Waals surface area contributed by atoms with Gasteiger partial charge in [0.15, 0.2) is 6.61 Å². The fourth-order valence-corrected chi connectivity index (χ4v) is 1.96. The highest BCUT2D eigenvalue weighted by Gasteiger charge is 2.50. The number of hydrogen-bond donors (Lipinski definition) is 2. The lowest BCUT2D eigenvalue weighted by Gasteiger charge is -2.15. The summed E-state index contributed by atoms with van der Waals surface area (Å²) in [4.78, 5) is 22.7. The second-order valence-corrected chi connectivity index (χ2v) is 5.08. The molecule has 0 bridgehead atoms. The SMILES string of the molecule is CCOCC1(C(=O)Nc2cccc(OCC(=O)O)c2)CC1. The highest BCUT2D eigenvalue weighted by molar-refractivity contribution is 5.97. The summed E-state index contributed by atoms with van der Waals surface area (Å²) in [5.74, 6) is -0.700. The van der Waals surface area contributed by atoms with Gasteiger partial charge >= 0.3 is 5.97 Å². The topological polar surface area (TPSA) is 84.9 Å². The van der Waals surface area contributed by atoms with E-state index in [4.69, 9.17) is 14.6 Å². The molecule has 1 aromatic rings. The van der Waals surface area contributed by atoms with E-state index in [1.165, 1.54) is 0 Å². The summed E-state index contributed by atoms with van der Waals surface area (Å²) in [7, 11) is 0. The normalized spacial score (nSPS) is 15.3. The van der Waals surface area contributed by atoms with Gasteiger partial charge in [0.05, 0.1) is 12.0 Å². The van der Waals surface area contributed by atoms with E-state index >= 15 is 0 Å². The summed E-state index contributed by atoms with van der Waals surface area (Å²) in [6.07, 6.45) is 1.65. The van der Waals surface area contributed by atoms with E-state index < -0.39 is 18.0 Å². The molecule has 0 atom stereocenters. The molecule has 0 saturated heterocycles. The zero-order valence-electron chi connectivity index (χ0n) is 11.9. The van der Waals surface area contributed by atoms with Crippen LogP contribution in [0.25, 0.3) is 0 Å². The molecule has 0 unspecified atom stereocenters. The first kappa shape index (κ1) is 15.3. The molecular formula is C15H19NO5. The van der Waals surface area contributed by atoms with Gasteiger partial charge in [-0.25, -0.2) is 4.79 Å². The van der Waals surface area contributed by atoms with Crippen molar-refractivity contribution in [3.05, 3.63) is 24.3 Å². The predicted molar refractivity (Wildman–Crippen MR) is 76.4 cm³/mol. The van der Waals surface area contributed by atoms with Crippen LogP contribution in [0.15, 0.2) is 24.3 Å². The third kappa shape index (κ3) is 4.19. The molecule has 2 rings (SSSR count). The van der Waals surface area contributed by atoms with Crippen LogP contribution in [-0.4, -0.2) is 36.8 Å². The first-order valence-electron chi connectivity index (χ1n) is 6.89. The van der Waals surface area contributed by atoms with Crippen LogP contribution in [0.3, 0.4) is 0 Å². The number of rotatable bonds is 8. The molecular weight excluding hydrogens is 274 g/mol. The van der Waals surface area contributed by atoms with Gasteiger partial charge in [-0.05, 0) is 31.9 Å². The van der Waals surface area contributed by atoms with Crippen LogP contribution >= 0.6 is 0 Å². The van der Waals surface area contributed by atoms with Crippen molar-refractivity contribution in [1.82, 2.24) is 0 Å². The number of anilines is 1. The third-order valence-electron chi connectivity index (χ3n) is 3.37. The van der Waals surface area contributed by atoms with Crippen LogP contribution in [-0.2, 0) is 14.3 Å². The van der Waals surface area contributed by atoms with Gasteiger partial charge < -0.3 is 19.9 Å². The van der Waals surface area contributed by atoms with Gasteiger partial charge in [0.1, 0.15) is 5.75 Å². The summed E-state index contributed by atoms with van der Waals surface area (Å²) in [6.45, 7) is 2.51. The van der Waals surface area contributed by atoms with Crippen molar-refractivity contribution in [1.29, 1.82) is 0 Å². The van der Waals surface area contributed by atoms with Crippen molar-refractivity contribution < 1.29 is 24.2 Å². The molecule has 0 aliphatic heterocycles. The van der Waals surface area contributed by atoms with Crippen LogP contribution in [0, 0.1) is 5.41 Å². The number of carbonyl (C=O) groups excluding carboxylic acids is 1. The molecule has 114 valence electrons. The molecule has 0 spiro atoms. The summed E-state index contributed by atoms with van der Waals surface area (Å²) in [5, 5.41) is 11.4. The molecule has 0 radical (unpaired) electrons. The summed E-state index contributed by atoms with van der Waals surface area (Å²) >= 11 is 0. The van der Waals surface area contributed by atoms with E-state index in [9.17, 15) is 9.59 Å². The van der Waals surface area contributed by atoms with Crippen LogP contribution in [0.1, 0.15) is 19.8 Å². The third-order valence-corrected chi connectivity index (χ3v) is 3.37. The molecule has 0 heterocycles. The fraction of sp³-hybridized carbons (Fsp3) is 0.467. The molecule has 1 aromatic carbocycles. The Morgan fingerprint density at radius 3 is 2.76 bits per heavy atom. The number of ether oxygens (including phenoxy) is 2. The standard InChI is InChI=1S/C15H19NO5/c1-2-20-10-15(6-7-15)14(19)16-11-4-3-5-12(8-11)21-9-13(17)18/h3-5,8H,2,6-7,9-10H2,1H3,(H,16,19)(H,17,18). The van der Waals surface area contributed by atoms with E-state index in [0.717, 1.165) is 12.8 Å². The summed E-state index contributed by atoms with van der Waals surface area (Å²) in [5.41, 5.74) is 0.180. The zero-order chi connectivity index (χ0) is 15.3. The molecule has 1 aliphatic rings. The quantitative estimate of drug-likeness (QED) is 0.764. The predicted octanol–water partition coefficient (Wildman–Crippen LogP) is 1.91. The van der Waals surface area contributed by atoms with Gasteiger partial charge in [-0.2, -0.15) is 0 Å². The smallest absolute Gasteiger partial charge is 0.341 e. The minimum absolute atomic E-state index is 0.0636. The van der Waals surface area contributed by atoms with E-state index in [1.807, 2.05) is 6.92 Å². The van der Waals surface area contributed by atoms with Gasteiger partial charge in [-0.1, -0.05) is 6.07 Å². The van der Waals surface area contributed by atoms with Crippen molar-refractivity contribution >= 4 is 17.6 Å². The Kier molecular flexibility index (Phi) is 4.80. The Morgan fingerprint density at radius 2 is 2.14 bits per heavy atom. The second-order valence-electron chi connectivity index (χ2n) is 5.08. The number of amides is 1. The molecule has 1 aliphatic carbocycles. The van der Waals surface area contributed by atoms with E-state index in [1.54, 1.807) is 24.3 Å². The van der Waals surface area contributed by atoms with Gasteiger partial charge in [0.2, 0.25) is 5.91 Å². The number of benzene rings is 1. The van der Waals surface area contributed by atoms with Crippen LogP contribution in [0.5, 0.6) is 5.75 Å². The zero-order valence-corrected chi connectivity index (χ0v) is 11.9. The first-order valence-corrected chi connectivity index (χ1v) is 6.89. The Balaban J connectivity index is 1.95. The van der Waals surface area contributed by atoms with Crippen molar-refractivity contribution in [3.63, 3.8) is 0 Å². The van der Waals surface area contributed by atoms with Gasteiger partial charge in [0, 0.05) is 18.4 Å². The lowest BCUT2D eigenvalue weighted by molar-refractivity contribution is -0.139. The average molecular weight is 293 g/mol. The Morgan fingerprint density at radius 1 is 1.38 bits per heavy atom. The number of carboxylic acids is 1. The van der Waals surface area contributed by atoms with Gasteiger partial charge in [-0.15, -0.1) is 0 Å². The minimum atomic E-state index is -1.04. The number of nitrogens with one attached hydrogen (secondary N) is 1. The van der Waals surface area contributed by atoms with E-state index in [2.05, 4.69) is 5.32 Å². The van der Waals surface area contributed by atoms with Crippen molar-refractivity contribution in [2.24, 2.45) is 5.41 Å². The Labute approximate surface area is 123 Å². The number of hydrogen-bond acceptors (Lipinski definition) is 4. The van der Waals surface area contributed by atoms with E-state index in [0.29, 0.717) is 24.7 Å². The van der Waals surface area contributed by atoms with Crippen LogP contribution < -0.4 is 10.1 Å². The van der Waals surface area contributed by atoms with E-state index in [-0.39, 0.29) is 5.91 Å². The largest absolute Gasteiger partial charge is 0.482 e. The molecule has 2 N–H and O–H groups in total. The number of carboxylic acid groups (broad SMARTS) is 1. The summed E-state index contributed by atoms with van der Waals surface area (Å²) in [6, 6.07) is 6.69. The average Bonchev–Trinajstić information content (AvgIpc) is 3.24. The van der Waals surface area contributed by atoms with Gasteiger partial charge in [0.25, 0.3) is 0 Å². The molecule has 1 saturated carbocycles. The van der Waals surface area contributed by atoms with Crippen molar-refractivity contribution in [2.45, 2.75) is 19.8 Å². The van der Waals surface area contributed by atoms with Crippen molar-refractivity contribution in [2.75, 3.05) is 25.1 Å². The first-order chi connectivity index (χ1) is 10.1. The maximum absolute atomic E-state index is 12.3.